The standard InChI is InChI=1S/C14H19F2NO/c1-9-5-6-11(14(15)16)13(18-2)12(9)8-10-4-3-7-17-10/h5-6,10,14,17H,3-4,7-8H2,1-2H3. The fraction of sp³-hybridized carbons (Fsp3) is 0.571. The van der Waals surface area contributed by atoms with Gasteiger partial charge in [-0.1, -0.05) is 6.07 Å². The molecule has 4 heteroatoms. The second kappa shape index (κ2) is 5.65. The molecule has 1 heterocycles. The molecule has 0 saturated carbocycles. The number of ether oxygens (including phenoxy) is 1. The Balaban J connectivity index is 2.33. The molecule has 1 aliphatic heterocycles. The lowest BCUT2D eigenvalue weighted by Gasteiger charge is -2.18. The van der Waals surface area contributed by atoms with Gasteiger partial charge in [-0.2, -0.15) is 0 Å². The van der Waals surface area contributed by atoms with E-state index in [-0.39, 0.29) is 5.56 Å². The lowest BCUT2D eigenvalue weighted by Crippen LogP contribution is -2.24. The monoisotopic (exact) mass is 255 g/mol. The van der Waals surface area contributed by atoms with Crippen LogP contribution in [0.25, 0.3) is 0 Å². The first kappa shape index (κ1) is 13.3. The van der Waals surface area contributed by atoms with Gasteiger partial charge >= 0.3 is 0 Å². The van der Waals surface area contributed by atoms with Gasteiger partial charge in [0.15, 0.2) is 0 Å². The van der Waals surface area contributed by atoms with Crippen LogP contribution in [-0.2, 0) is 6.42 Å². The molecule has 1 aromatic rings. The highest BCUT2D eigenvalue weighted by Gasteiger charge is 2.22. The van der Waals surface area contributed by atoms with Crippen LogP contribution in [0.15, 0.2) is 12.1 Å². The Morgan fingerprint density at radius 1 is 1.44 bits per heavy atom. The zero-order chi connectivity index (χ0) is 13.1. The van der Waals surface area contributed by atoms with Crippen molar-refractivity contribution < 1.29 is 13.5 Å². The highest BCUT2D eigenvalue weighted by Crippen LogP contribution is 2.35. The summed E-state index contributed by atoms with van der Waals surface area (Å²) in [5, 5.41) is 3.39. The second-order valence-electron chi connectivity index (χ2n) is 4.78. The SMILES string of the molecule is COc1c(C(F)F)ccc(C)c1CC1CCCN1. The number of methoxy groups -OCH3 is 1. The quantitative estimate of drug-likeness (QED) is 0.891. The maximum absolute atomic E-state index is 12.9. The number of rotatable bonds is 4. The van der Waals surface area contributed by atoms with Crippen molar-refractivity contribution in [3.63, 3.8) is 0 Å². The van der Waals surface area contributed by atoms with Crippen molar-refractivity contribution in [1.29, 1.82) is 0 Å². The van der Waals surface area contributed by atoms with E-state index in [4.69, 9.17) is 4.74 Å². The predicted octanol–water partition coefficient (Wildman–Crippen LogP) is 3.24. The number of alkyl halides is 2. The summed E-state index contributed by atoms with van der Waals surface area (Å²) in [5.74, 6) is 0.360. The smallest absolute Gasteiger partial charge is 0.267 e. The van der Waals surface area contributed by atoms with Gasteiger partial charge in [0.25, 0.3) is 6.43 Å². The summed E-state index contributed by atoms with van der Waals surface area (Å²) < 4.78 is 31.1. The second-order valence-corrected chi connectivity index (χ2v) is 4.78. The minimum Gasteiger partial charge on any atom is -0.496 e. The summed E-state index contributed by atoms with van der Waals surface area (Å²) in [6.45, 7) is 2.96. The van der Waals surface area contributed by atoms with E-state index in [0.717, 1.165) is 36.9 Å². The Hall–Kier alpha value is -1.16. The zero-order valence-electron chi connectivity index (χ0n) is 10.8. The first-order valence-electron chi connectivity index (χ1n) is 6.31. The Labute approximate surface area is 106 Å². The number of aryl methyl sites for hydroxylation is 1. The molecule has 1 unspecified atom stereocenters. The normalized spacial score (nSPS) is 19.5. The third-order valence-electron chi connectivity index (χ3n) is 3.58. The molecular weight excluding hydrogens is 236 g/mol. The Bertz CT molecular complexity index is 415. The van der Waals surface area contributed by atoms with Crippen LogP contribution >= 0.6 is 0 Å². The van der Waals surface area contributed by atoms with E-state index in [1.807, 2.05) is 6.92 Å². The molecule has 0 aromatic heterocycles. The van der Waals surface area contributed by atoms with E-state index in [0.29, 0.717) is 11.8 Å². The van der Waals surface area contributed by atoms with Gasteiger partial charge in [-0.05, 0) is 49.9 Å². The number of hydrogen-bond acceptors (Lipinski definition) is 2. The van der Waals surface area contributed by atoms with Crippen LogP contribution in [0.2, 0.25) is 0 Å². The average molecular weight is 255 g/mol. The van der Waals surface area contributed by atoms with E-state index < -0.39 is 6.43 Å². The van der Waals surface area contributed by atoms with Crippen LogP contribution in [0.4, 0.5) is 8.78 Å². The molecule has 100 valence electrons. The van der Waals surface area contributed by atoms with Crippen molar-refractivity contribution in [3.8, 4) is 5.75 Å². The molecule has 1 atom stereocenters. The van der Waals surface area contributed by atoms with E-state index >= 15 is 0 Å². The van der Waals surface area contributed by atoms with Gasteiger partial charge in [0.1, 0.15) is 5.75 Å². The molecular formula is C14H19F2NO. The Morgan fingerprint density at radius 2 is 2.22 bits per heavy atom. The van der Waals surface area contributed by atoms with Crippen LogP contribution in [0.3, 0.4) is 0 Å². The molecule has 0 aliphatic carbocycles. The summed E-state index contributed by atoms with van der Waals surface area (Å²) in [4.78, 5) is 0. The van der Waals surface area contributed by atoms with Crippen molar-refractivity contribution in [2.45, 2.75) is 38.7 Å². The molecule has 2 nitrogen and oxygen atoms in total. The van der Waals surface area contributed by atoms with Crippen LogP contribution in [0, 0.1) is 6.92 Å². The zero-order valence-corrected chi connectivity index (χ0v) is 10.8. The van der Waals surface area contributed by atoms with Crippen LogP contribution in [0.5, 0.6) is 5.75 Å². The maximum Gasteiger partial charge on any atom is 0.267 e. The molecule has 1 aliphatic rings. The Kier molecular flexibility index (Phi) is 4.17. The highest BCUT2D eigenvalue weighted by atomic mass is 19.3. The van der Waals surface area contributed by atoms with Gasteiger partial charge in [0.2, 0.25) is 0 Å². The van der Waals surface area contributed by atoms with Crippen LogP contribution in [0.1, 0.15) is 36.0 Å². The third kappa shape index (κ3) is 2.64. The van der Waals surface area contributed by atoms with Crippen molar-refractivity contribution in [2.24, 2.45) is 0 Å². The van der Waals surface area contributed by atoms with Gasteiger partial charge in [0, 0.05) is 6.04 Å². The number of hydrogen-bond donors (Lipinski definition) is 1. The average Bonchev–Trinajstić information content (AvgIpc) is 2.84. The lowest BCUT2D eigenvalue weighted by atomic mass is 9.96. The first-order valence-corrected chi connectivity index (χ1v) is 6.31. The summed E-state index contributed by atoms with van der Waals surface area (Å²) in [6.07, 6.45) is 0.522. The summed E-state index contributed by atoms with van der Waals surface area (Å²) in [7, 11) is 1.46. The van der Waals surface area contributed by atoms with Gasteiger partial charge in [-0.25, -0.2) is 8.78 Å². The number of benzene rings is 1. The van der Waals surface area contributed by atoms with Crippen molar-refractivity contribution in [2.75, 3.05) is 13.7 Å². The van der Waals surface area contributed by atoms with Gasteiger partial charge in [-0.3, -0.25) is 0 Å². The van der Waals surface area contributed by atoms with Crippen LogP contribution in [-0.4, -0.2) is 19.7 Å². The van der Waals surface area contributed by atoms with E-state index in [9.17, 15) is 8.78 Å². The van der Waals surface area contributed by atoms with Gasteiger partial charge in [0.05, 0.1) is 12.7 Å². The summed E-state index contributed by atoms with van der Waals surface area (Å²) in [5.41, 5.74) is 1.93. The molecule has 0 spiro atoms. The topological polar surface area (TPSA) is 21.3 Å². The largest absolute Gasteiger partial charge is 0.496 e. The number of halogens is 2. The van der Waals surface area contributed by atoms with E-state index in [1.165, 1.54) is 13.2 Å². The lowest BCUT2D eigenvalue weighted by molar-refractivity contribution is 0.146. The van der Waals surface area contributed by atoms with E-state index in [1.54, 1.807) is 6.07 Å². The van der Waals surface area contributed by atoms with E-state index in [2.05, 4.69) is 5.32 Å². The molecule has 1 saturated heterocycles. The van der Waals surface area contributed by atoms with Gasteiger partial charge < -0.3 is 10.1 Å². The molecule has 18 heavy (non-hydrogen) atoms. The minimum atomic E-state index is -2.49. The summed E-state index contributed by atoms with van der Waals surface area (Å²) in [6, 6.07) is 3.60. The van der Waals surface area contributed by atoms with Crippen molar-refractivity contribution >= 4 is 0 Å². The van der Waals surface area contributed by atoms with Crippen LogP contribution < -0.4 is 10.1 Å². The number of nitrogens with one attached hydrogen (secondary N) is 1. The van der Waals surface area contributed by atoms with Gasteiger partial charge in [-0.15, -0.1) is 0 Å². The maximum atomic E-state index is 12.9. The summed E-state index contributed by atoms with van der Waals surface area (Å²) >= 11 is 0. The minimum absolute atomic E-state index is 0.00361. The molecule has 1 N–H and O–H groups in total. The molecule has 2 rings (SSSR count). The molecule has 1 aromatic carbocycles. The molecule has 0 amide bonds. The predicted molar refractivity (Wildman–Crippen MR) is 67.4 cm³/mol. The molecule has 0 bridgehead atoms. The van der Waals surface area contributed by atoms with Crippen molar-refractivity contribution in [3.05, 3.63) is 28.8 Å². The fourth-order valence-electron chi connectivity index (χ4n) is 2.59. The molecule has 0 radical (unpaired) electrons. The first-order chi connectivity index (χ1) is 8.63. The highest BCUT2D eigenvalue weighted by molar-refractivity contribution is 5.47. The third-order valence-corrected chi connectivity index (χ3v) is 3.58. The fourth-order valence-corrected chi connectivity index (χ4v) is 2.59. The Morgan fingerprint density at radius 3 is 2.78 bits per heavy atom. The van der Waals surface area contributed by atoms with Crippen molar-refractivity contribution in [1.82, 2.24) is 5.32 Å². The molecule has 1 fully saturated rings.